The summed E-state index contributed by atoms with van der Waals surface area (Å²) in [5.41, 5.74) is -6.45. The van der Waals surface area contributed by atoms with Crippen molar-refractivity contribution in [2.45, 2.75) is 37.3 Å². The summed E-state index contributed by atoms with van der Waals surface area (Å²) in [5.74, 6) is 0.315. The minimum atomic E-state index is -5.99. The van der Waals surface area contributed by atoms with E-state index in [4.69, 9.17) is 0 Å². The summed E-state index contributed by atoms with van der Waals surface area (Å²) in [4.78, 5) is 19.8. The van der Waals surface area contributed by atoms with Gasteiger partial charge in [0.2, 0.25) is 0 Å². The van der Waals surface area contributed by atoms with Crippen molar-refractivity contribution in [3.8, 4) is 5.69 Å². The number of hydrogen-bond donors (Lipinski definition) is 1. The Hall–Kier alpha value is -2.92. The first-order valence-corrected chi connectivity index (χ1v) is 10.1. The van der Waals surface area contributed by atoms with Crippen molar-refractivity contribution >= 4 is 10.9 Å². The predicted molar refractivity (Wildman–Crippen MR) is 108 cm³/mol. The zero-order valence-electron chi connectivity index (χ0n) is 17.1. The Labute approximate surface area is 183 Å². The molecule has 4 rings (SSSR count). The molecule has 11 heteroatoms. The Bertz CT molecular complexity index is 1200. The van der Waals surface area contributed by atoms with E-state index >= 15 is 0 Å². The molecule has 1 aliphatic heterocycles. The lowest BCUT2D eigenvalue weighted by Crippen LogP contribution is -2.53. The Morgan fingerprint density at radius 1 is 0.879 bits per heavy atom. The van der Waals surface area contributed by atoms with E-state index in [1.54, 1.807) is 24.3 Å². The van der Waals surface area contributed by atoms with Crippen LogP contribution in [-0.4, -0.2) is 45.0 Å². The zero-order chi connectivity index (χ0) is 24.0. The fourth-order valence-corrected chi connectivity index (χ4v) is 4.03. The monoisotopic (exact) mass is 471 g/mol. The number of rotatable bonds is 4. The highest BCUT2D eigenvalue weighted by Crippen LogP contribution is 2.50. The first-order valence-electron chi connectivity index (χ1n) is 10.1. The highest BCUT2D eigenvalue weighted by molar-refractivity contribution is 5.77. The van der Waals surface area contributed by atoms with E-state index in [2.05, 4.69) is 9.88 Å². The maximum Gasteiger partial charge on any atom is 0.430 e. The second kappa shape index (κ2) is 8.14. The first-order chi connectivity index (χ1) is 15.4. The minimum absolute atomic E-state index is 0.0444. The quantitative estimate of drug-likeness (QED) is 0.577. The van der Waals surface area contributed by atoms with Crippen LogP contribution in [0.2, 0.25) is 0 Å². The average molecular weight is 471 g/mol. The molecule has 0 aliphatic carbocycles. The van der Waals surface area contributed by atoms with Gasteiger partial charge in [-0.05, 0) is 50.2 Å². The molecule has 0 amide bonds. The molecule has 0 bridgehead atoms. The van der Waals surface area contributed by atoms with Crippen LogP contribution >= 0.6 is 0 Å². The van der Waals surface area contributed by atoms with Crippen LogP contribution in [0.5, 0.6) is 0 Å². The number of benzene rings is 2. The Kier molecular flexibility index (Phi) is 5.73. The second-order valence-electron chi connectivity index (χ2n) is 7.92. The van der Waals surface area contributed by atoms with E-state index in [0.29, 0.717) is 23.5 Å². The van der Waals surface area contributed by atoms with E-state index < -0.39 is 29.1 Å². The molecule has 0 radical (unpaired) electrons. The number of halogens is 6. The van der Waals surface area contributed by atoms with Gasteiger partial charge in [0.25, 0.3) is 11.2 Å². The molecule has 176 valence electrons. The fraction of sp³-hybridized carbons (Fsp3) is 0.364. The van der Waals surface area contributed by atoms with Gasteiger partial charge in [0, 0.05) is 5.56 Å². The van der Waals surface area contributed by atoms with Crippen LogP contribution in [0.25, 0.3) is 16.6 Å². The molecule has 0 saturated carbocycles. The summed E-state index contributed by atoms with van der Waals surface area (Å²) in [5, 5.41) is 9.88. The number of para-hydroxylation sites is 1. The molecule has 2 aromatic carbocycles. The predicted octanol–water partition coefficient (Wildman–Crippen LogP) is 4.29. The number of aromatic nitrogens is 2. The van der Waals surface area contributed by atoms with Crippen LogP contribution in [0.4, 0.5) is 26.3 Å². The molecule has 1 aliphatic rings. The summed E-state index contributed by atoms with van der Waals surface area (Å²) in [6.45, 7) is 1.86. The average Bonchev–Trinajstić information content (AvgIpc) is 3.25. The van der Waals surface area contributed by atoms with Gasteiger partial charge in [-0.2, -0.15) is 26.3 Å². The van der Waals surface area contributed by atoms with Crippen molar-refractivity contribution < 1.29 is 31.4 Å². The molecule has 1 saturated heterocycles. The topological polar surface area (TPSA) is 58.4 Å². The number of nitrogens with zero attached hydrogens (tertiary/aromatic N) is 3. The van der Waals surface area contributed by atoms with Crippen molar-refractivity contribution in [3.63, 3.8) is 0 Å². The third-order valence-electron chi connectivity index (χ3n) is 5.77. The molecule has 33 heavy (non-hydrogen) atoms. The molecular weight excluding hydrogens is 452 g/mol. The van der Waals surface area contributed by atoms with Crippen LogP contribution in [0.3, 0.4) is 0 Å². The van der Waals surface area contributed by atoms with E-state index in [1.807, 2.05) is 0 Å². The van der Waals surface area contributed by atoms with Gasteiger partial charge < -0.3 is 5.11 Å². The third-order valence-corrected chi connectivity index (χ3v) is 5.77. The van der Waals surface area contributed by atoms with Gasteiger partial charge in [-0.25, -0.2) is 4.98 Å². The van der Waals surface area contributed by atoms with E-state index in [-0.39, 0.29) is 17.6 Å². The summed E-state index contributed by atoms with van der Waals surface area (Å²) < 4.78 is 80.4. The molecule has 1 fully saturated rings. The Morgan fingerprint density at radius 3 is 2.03 bits per heavy atom. The highest BCUT2D eigenvalue weighted by atomic mass is 19.4. The highest BCUT2D eigenvalue weighted by Gasteiger charge is 2.71. The largest absolute Gasteiger partial charge is 0.430 e. The lowest BCUT2D eigenvalue weighted by molar-refractivity contribution is -0.376. The van der Waals surface area contributed by atoms with Crippen molar-refractivity contribution in [1.82, 2.24) is 14.5 Å². The van der Waals surface area contributed by atoms with Crippen LogP contribution < -0.4 is 5.56 Å². The SMILES string of the molecule is O=c1c2ccccc2nc(CN2CCCC2)n1-c1ccc(C(O)(C(F)(F)F)C(F)(F)F)cc1. The van der Waals surface area contributed by atoms with Crippen molar-refractivity contribution in [1.29, 1.82) is 0 Å². The molecule has 0 atom stereocenters. The second-order valence-corrected chi connectivity index (χ2v) is 7.92. The summed E-state index contributed by atoms with van der Waals surface area (Å²) in [6, 6.07) is 9.49. The Balaban J connectivity index is 1.85. The summed E-state index contributed by atoms with van der Waals surface area (Å²) >= 11 is 0. The van der Waals surface area contributed by atoms with Gasteiger partial charge in [-0.15, -0.1) is 0 Å². The maximum absolute atomic E-state index is 13.2. The maximum atomic E-state index is 13.2. The molecule has 1 N–H and O–H groups in total. The fourth-order valence-electron chi connectivity index (χ4n) is 4.03. The number of hydrogen-bond acceptors (Lipinski definition) is 4. The van der Waals surface area contributed by atoms with Gasteiger partial charge in [0.15, 0.2) is 0 Å². The van der Waals surface area contributed by atoms with Crippen LogP contribution in [0.15, 0.2) is 53.3 Å². The van der Waals surface area contributed by atoms with Crippen LogP contribution in [0.1, 0.15) is 24.2 Å². The number of alkyl halides is 6. The summed E-state index contributed by atoms with van der Waals surface area (Å²) in [7, 11) is 0. The molecule has 2 heterocycles. The smallest absolute Gasteiger partial charge is 0.369 e. The lowest BCUT2D eigenvalue weighted by Gasteiger charge is -2.32. The van der Waals surface area contributed by atoms with Crippen LogP contribution in [-0.2, 0) is 12.1 Å². The molecular formula is C22H19F6N3O2. The minimum Gasteiger partial charge on any atom is -0.369 e. The van der Waals surface area contributed by atoms with E-state index in [1.165, 1.54) is 4.57 Å². The number of aliphatic hydroxyl groups is 1. The molecule has 0 unspecified atom stereocenters. The Morgan fingerprint density at radius 2 is 1.45 bits per heavy atom. The molecule has 5 nitrogen and oxygen atoms in total. The van der Waals surface area contributed by atoms with Gasteiger partial charge >= 0.3 is 12.4 Å². The molecule has 3 aromatic rings. The van der Waals surface area contributed by atoms with Gasteiger partial charge in [0.1, 0.15) is 5.82 Å². The first kappa shape index (κ1) is 23.2. The molecule has 1 aromatic heterocycles. The van der Waals surface area contributed by atoms with Crippen molar-refractivity contribution in [3.05, 3.63) is 70.3 Å². The zero-order valence-corrected chi connectivity index (χ0v) is 17.1. The lowest BCUT2D eigenvalue weighted by atomic mass is 9.92. The normalized spacial score (nSPS) is 16.0. The number of fused-ring (bicyclic) bond motifs is 1. The van der Waals surface area contributed by atoms with Crippen molar-refractivity contribution in [2.24, 2.45) is 0 Å². The number of likely N-dealkylation sites (tertiary alicyclic amines) is 1. The van der Waals surface area contributed by atoms with Crippen molar-refractivity contribution in [2.75, 3.05) is 13.1 Å². The van der Waals surface area contributed by atoms with E-state index in [0.717, 1.165) is 38.1 Å². The van der Waals surface area contributed by atoms with Gasteiger partial charge in [-0.3, -0.25) is 14.3 Å². The van der Waals surface area contributed by atoms with Crippen LogP contribution in [0, 0.1) is 0 Å². The van der Waals surface area contributed by atoms with Gasteiger partial charge in [-0.1, -0.05) is 24.3 Å². The summed E-state index contributed by atoms with van der Waals surface area (Å²) in [6.07, 6.45) is -10.0. The third kappa shape index (κ3) is 3.99. The van der Waals surface area contributed by atoms with Gasteiger partial charge in [0.05, 0.1) is 23.1 Å². The molecule has 0 spiro atoms. The van der Waals surface area contributed by atoms with E-state index in [9.17, 15) is 36.2 Å². The standard InChI is InChI=1S/C22H19F6N3O2/c23-21(24,25)20(33,22(26,27)28)14-7-9-15(10-8-14)31-18(13-30-11-3-4-12-30)29-17-6-2-1-5-16(17)19(31)32/h1-2,5-10,33H,3-4,11-13H2.